The topological polar surface area (TPSA) is 84.5 Å². The maximum Gasteiger partial charge on any atom is 0.227 e. The van der Waals surface area contributed by atoms with E-state index >= 15 is 0 Å². The summed E-state index contributed by atoms with van der Waals surface area (Å²) in [6.07, 6.45) is 6.16. The molecular formula is C37H49Cl3N2O4. The Morgan fingerprint density at radius 1 is 0.870 bits per heavy atom. The molecule has 46 heavy (non-hydrogen) atoms. The van der Waals surface area contributed by atoms with Crippen LogP contribution in [0.4, 0.5) is 0 Å². The van der Waals surface area contributed by atoms with Gasteiger partial charge in [0.2, 0.25) is 5.91 Å². The minimum absolute atomic E-state index is 0. The number of aliphatic hydroxyl groups excluding tert-OH is 1. The van der Waals surface area contributed by atoms with Crippen molar-refractivity contribution in [2.24, 2.45) is 0 Å². The van der Waals surface area contributed by atoms with Crippen LogP contribution in [0.2, 0.25) is 10.0 Å². The van der Waals surface area contributed by atoms with Crippen molar-refractivity contribution >= 4 is 41.5 Å². The Kier molecular flexibility index (Phi) is 14.2. The van der Waals surface area contributed by atoms with E-state index < -0.39 is 0 Å². The number of halogens is 3. The highest BCUT2D eigenvalue weighted by Crippen LogP contribution is 2.42. The number of rotatable bonds is 11. The molecule has 0 saturated carbocycles. The number of hydrogen-bond donors (Lipinski definition) is 1. The van der Waals surface area contributed by atoms with E-state index in [1.54, 1.807) is 0 Å². The first kappa shape index (κ1) is 38.1. The van der Waals surface area contributed by atoms with Crippen LogP contribution in [-0.4, -0.2) is 71.7 Å². The molecule has 2 heterocycles. The minimum atomic E-state index is -0.205. The summed E-state index contributed by atoms with van der Waals surface area (Å²) in [5.41, 5.74) is 3.29. The molecule has 3 N–H and O–H groups in total. The molecule has 1 amide bonds. The molecule has 3 aromatic rings. The molecule has 252 valence electrons. The number of carbonyl (C=O) groups is 1. The number of nitrogens with zero attached hydrogens (tertiary/aromatic N) is 2. The van der Waals surface area contributed by atoms with Crippen LogP contribution >= 0.6 is 35.6 Å². The van der Waals surface area contributed by atoms with Crippen molar-refractivity contribution in [3.05, 3.63) is 99.5 Å². The third kappa shape index (κ3) is 9.18. The van der Waals surface area contributed by atoms with Crippen LogP contribution in [0.25, 0.3) is 0 Å². The average Bonchev–Trinajstić information content (AvgIpc) is 3.02. The van der Waals surface area contributed by atoms with Crippen LogP contribution in [0.15, 0.2) is 72.8 Å². The van der Waals surface area contributed by atoms with Gasteiger partial charge in [0.25, 0.3) is 0 Å². The number of piperidine rings is 2. The lowest BCUT2D eigenvalue weighted by Crippen LogP contribution is -2.51. The summed E-state index contributed by atoms with van der Waals surface area (Å²) in [5.74, 6) is 0.941. The Bertz CT molecular complexity index is 1400. The number of benzene rings is 3. The lowest BCUT2D eigenvalue weighted by Gasteiger charge is -2.46. The van der Waals surface area contributed by atoms with E-state index in [4.69, 9.17) is 27.9 Å². The molecule has 3 aromatic carbocycles. The molecule has 2 saturated heterocycles. The summed E-state index contributed by atoms with van der Waals surface area (Å²) < 4.78 is 5.87. The minimum Gasteiger partial charge on any atom is -0.491 e. The highest BCUT2D eigenvalue weighted by molar-refractivity contribution is 6.42. The van der Waals surface area contributed by atoms with Gasteiger partial charge in [0, 0.05) is 25.1 Å². The molecule has 0 radical (unpaired) electrons. The zero-order chi connectivity index (χ0) is 31.2. The molecule has 0 bridgehead atoms. The van der Waals surface area contributed by atoms with Crippen LogP contribution in [0.5, 0.6) is 5.75 Å². The van der Waals surface area contributed by atoms with Crippen LogP contribution in [-0.2, 0) is 22.0 Å². The van der Waals surface area contributed by atoms with Gasteiger partial charge in [0.1, 0.15) is 5.75 Å². The van der Waals surface area contributed by atoms with Crippen LogP contribution < -0.4 is 4.74 Å². The Morgan fingerprint density at radius 3 is 2.28 bits per heavy atom. The van der Waals surface area contributed by atoms with Gasteiger partial charge in [-0.2, -0.15) is 0 Å². The summed E-state index contributed by atoms with van der Waals surface area (Å²) in [4.78, 5) is 18.3. The second-order valence-corrected chi connectivity index (χ2v) is 13.8. The van der Waals surface area contributed by atoms with E-state index in [0.29, 0.717) is 23.0 Å². The van der Waals surface area contributed by atoms with Gasteiger partial charge in [0.05, 0.1) is 22.6 Å². The average molecular weight is 692 g/mol. The van der Waals surface area contributed by atoms with Gasteiger partial charge in [-0.3, -0.25) is 4.79 Å². The summed E-state index contributed by atoms with van der Waals surface area (Å²) in [6, 6.07) is 24.6. The third-order valence-electron chi connectivity index (χ3n) is 9.78. The fraction of sp³-hybridized carbons (Fsp3) is 0.486. The van der Waals surface area contributed by atoms with Crippen molar-refractivity contribution in [3.63, 3.8) is 0 Å². The zero-order valence-electron chi connectivity index (χ0n) is 27.0. The summed E-state index contributed by atoms with van der Waals surface area (Å²) >= 11 is 12.9. The molecule has 1 unspecified atom stereocenters. The highest BCUT2D eigenvalue weighted by atomic mass is 35.5. The van der Waals surface area contributed by atoms with E-state index in [9.17, 15) is 9.90 Å². The van der Waals surface area contributed by atoms with E-state index in [-0.39, 0.29) is 47.3 Å². The largest absolute Gasteiger partial charge is 0.491 e. The first-order valence-electron chi connectivity index (χ1n) is 16.1. The summed E-state index contributed by atoms with van der Waals surface area (Å²) in [6.45, 7) is 8.56. The Morgan fingerprint density at radius 2 is 1.61 bits per heavy atom. The van der Waals surface area contributed by atoms with Crippen LogP contribution in [0.3, 0.4) is 0 Å². The summed E-state index contributed by atoms with van der Waals surface area (Å²) in [5, 5.41) is 11.0. The monoisotopic (exact) mass is 690 g/mol. The smallest absolute Gasteiger partial charge is 0.227 e. The molecule has 2 aliphatic heterocycles. The standard InChI is InChI=1S/C37H46Cl2N2O3.ClH.H2O/c1-28(2)44-32-11-6-8-29(24-32)25-35(43)41-19-7-14-37(27-41,31-12-13-33(38)34(39)26-31)17-22-40-20-15-36(16-21-40,18-23-42)30-9-4-3-5-10-30;;/h3-6,8-13,24,26,28,42H,7,14-23,25,27H2,1-2H3;1H;1H2. The summed E-state index contributed by atoms with van der Waals surface area (Å²) in [7, 11) is 0. The maximum absolute atomic E-state index is 13.7. The van der Waals surface area contributed by atoms with E-state index in [0.717, 1.165) is 81.6 Å². The SMILES string of the molecule is CC(C)Oc1cccc(CC(=O)N2CCCC(CCN3CCC(CCO)(c4ccccc4)CC3)(c3ccc(Cl)c(Cl)c3)C2)c1.Cl.O. The highest BCUT2D eigenvalue weighted by Gasteiger charge is 2.41. The molecule has 2 aliphatic rings. The lowest BCUT2D eigenvalue weighted by atomic mass is 9.69. The second-order valence-electron chi connectivity index (χ2n) is 13.0. The molecule has 6 nitrogen and oxygen atoms in total. The predicted molar refractivity (Wildman–Crippen MR) is 191 cm³/mol. The molecule has 1 atom stereocenters. The molecule has 5 rings (SSSR count). The number of likely N-dealkylation sites (tertiary alicyclic amines) is 2. The van der Waals surface area contributed by atoms with Crippen molar-refractivity contribution in [3.8, 4) is 5.75 Å². The lowest BCUT2D eigenvalue weighted by molar-refractivity contribution is -0.132. The van der Waals surface area contributed by atoms with Gasteiger partial charge < -0.3 is 25.1 Å². The fourth-order valence-electron chi connectivity index (χ4n) is 7.31. The molecule has 0 spiro atoms. The normalized spacial score (nSPS) is 19.7. The number of ether oxygens (including phenoxy) is 1. The molecule has 9 heteroatoms. The van der Waals surface area contributed by atoms with E-state index in [1.807, 2.05) is 50.2 Å². The molecule has 2 fully saturated rings. The number of amides is 1. The first-order chi connectivity index (χ1) is 21.2. The van der Waals surface area contributed by atoms with Gasteiger partial charge >= 0.3 is 0 Å². The van der Waals surface area contributed by atoms with Gasteiger partial charge in [-0.1, -0.05) is 71.7 Å². The maximum atomic E-state index is 13.7. The number of hydrogen-bond acceptors (Lipinski definition) is 4. The molecular weight excluding hydrogens is 643 g/mol. The fourth-order valence-corrected chi connectivity index (χ4v) is 7.61. The van der Waals surface area contributed by atoms with Crippen molar-refractivity contribution in [1.82, 2.24) is 9.80 Å². The predicted octanol–water partition coefficient (Wildman–Crippen LogP) is 7.29. The Balaban J connectivity index is 0.00000288. The first-order valence-corrected chi connectivity index (χ1v) is 16.9. The Hall–Kier alpha value is -2.32. The number of carbonyl (C=O) groups excluding carboxylic acids is 1. The Labute approximate surface area is 290 Å². The number of aliphatic hydroxyl groups is 1. The van der Waals surface area contributed by atoms with Crippen molar-refractivity contribution in [2.45, 2.75) is 75.7 Å². The van der Waals surface area contributed by atoms with Crippen molar-refractivity contribution in [1.29, 1.82) is 0 Å². The van der Waals surface area contributed by atoms with Gasteiger partial charge in [-0.05, 0) is 118 Å². The quantitative estimate of drug-likeness (QED) is 0.229. The van der Waals surface area contributed by atoms with E-state index in [1.165, 1.54) is 5.56 Å². The van der Waals surface area contributed by atoms with Crippen molar-refractivity contribution < 1.29 is 20.1 Å². The van der Waals surface area contributed by atoms with E-state index in [2.05, 4.69) is 46.2 Å². The van der Waals surface area contributed by atoms with Crippen LogP contribution in [0, 0.1) is 0 Å². The zero-order valence-corrected chi connectivity index (χ0v) is 29.3. The van der Waals surface area contributed by atoms with Crippen LogP contribution in [0.1, 0.15) is 69.1 Å². The second kappa shape index (κ2) is 17.2. The van der Waals surface area contributed by atoms with Gasteiger partial charge in [-0.15, -0.1) is 12.4 Å². The van der Waals surface area contributed by atoms with Gasteiger partial charge in [0.15, 0.2) is 0 Å². The molecule has 0 aromatic heterocycles. The van der Waals surface area contributed by atoms with Crippen molar-refractivity contribution in [2.75, 3.05) is 39.3 Å². The third-order valence-corrected chi connectivity index (χ3v) is 10.5. The van der Waals surface area contributed by atoms with Gasteiger partial charge in [-0.25, -0.2) is 0 Å². The molecule has 0 aliphatic carbocycles.